The average Bonchev–Trinajstić information content (AvgIpc) is 2.68. The highest BCUT2D eigenvalue weighted by molar-refractivity contribution is 5.99. The topological polar surface area (TPSA) is 102 Å². The zero-order valence-electron chi connectivity index (χ0n) is 11.0. The number of aromatic nitrogens is 2. The van der Waals surface area contributed by atoms with Gasteiger partial charge in [-0.1, -0.05) is 0 Å². The number of amides is 2. The number of non-ortho nitro benzene ring substituents is 1. The van der Waals surface area contributed by atoms with Crippen molar-refractivity contribution in [1.29, 1.82) is 0 Å². The van der Waals surface area contributed by atoms with Crippen LogP contribution >= 0.6 is 0 Å². The molecule has 0 aliphatic carbocycles. The number of carbonyl (C=O) groups excluding carboxylic acids is 1. The molecule has 2 rings (SSSR count). The molecule has 0 unspecified atom stereocenters. The lowest BCUT2D eigenvalue weighted by Crippen LogP contribution is -2.19. The molecule has 1 aromatic heterocycles. The highest BCUT2D eigenvalue weighted by Crippen LogP contribution is 2.15. The van der Waals surface area contributed by atoms with Gasteiger partial charge in [0.05, 0.1) is 4.92 Å². The van der Waals surface area contributed by atoms with Crippen molar-refractivity contribution in [2.45, 2.75) is 6.92 Å². The number of nitrogens with one attached hydrogen (secondary N) is 2. The normalized spacial score (nSPS) is 10.1. The first-order valence-corrected chi connectivity index (χ1v) is 5.79. The first-order chi connectivity index (χ1) is 9.45. The second kappa shape index (κ2) is 5.39. The van der Waals surface area contributed by atoms with E-state index in [4.69, 9.17) is 0 Å². The van der Waals surface area contributed by atoms with Crippen LogP contribution in [0.4, 0.5) is 22.0 Å². The third kappa shape index (κ3) is 3.10. The van der Waals surface area contributed by atoms with Crippen molar-refractivity contribution >= 4 is 23.2 Å². The molecule has 0 bridgehead atoms. The van der Waals surface area contributed by atoms with Crippen molar-refractivity contribution in [2.24, 2.45) is 7.05 Å². The zero-order valence-corrected chi connectivity index (χ0v) is 11.0. The van der Waals surface area contributed by atoms with Gasteiger partial charge in [0.25, 0.3) is 5.69 Å². The van der Waals surface area contributed by atoms with Crippen molar-refractivity contribution in [2.75, 3.05) is 10.6 Å². The molecule has 1 aromatic carbocycles. The van der Waals surface area contributed by atoms with Crippen molar-refractivity contribution in [3.63, 3.8) is 0 Å². The van der Waals surface area contributed by atoms with Gasteiger partial charge in [0.2, 0.25) is 0 Å². The molecule has 8 heteroatoms. The van der Waals surface area contributed by atoms with Gasteiger partial charge in [0.1, 0.15) is 0 Å². The van der Waals surface area contributed by atoms with Gasteiger partial charge in [0.15, 0.2) is 5.82 Å². The lowest BCUT2D eigenvalue weighted by atomic mass is 10.3. The molecule has 0 fully saturated rings. The van der Waals surface area contributed by atoms with E-state index in [2.05, 4.69) is 15.7 Å². The van der Waals surface area contributed by atoms with Gasteiger partial charge < -0.3 is 5.32 Å². The lowest BCUT2D eigenvalue weighted by Gasteiger charge is -2.04. The first kappa shape index (κ1) is 13.5. The summed E-state index contributed by atoms with van der Waals surface area (Å²) < 4.78 is 1.64. The molecule has 0 aliphatic heterocycles. The molecule has 104 valence electrons. The van der Waals surface area contributed by atoms with Gasteiger partial charge in [-0.15, -0.1) is 0 Å². The number of nitro groups is 1. The number of benzene rings is 1. The van der Waals surface area contributed by atoms with Crippen LogP contribution in [0.1, 0.15) is 5.69 Å². The molecule has 2 amide bonds. The van der Waals surface area contributed by atoms with Gasteiger partial charge in [-0.25, -0.2) is 4.79 Å². The minimum absolute atomic E-state index is 0.0312. The van der Waals surface area contributed by atoms with Crippen LogP contribution in [0.15, 0.2) is 30.3 Å². The zero-order chi connectivity index (χ0) is 14.7. The summed E-state index contributed by atoms with van der Waals surface area (Å²) in [6.07, 6.45) is 0. The van der Waals surface area contributed by atoms with Crippen molar-refractivity contribution in [3.05, 3.63) is 46.1 Å². The molecule has 0 aliphatic rings. The van der Waals surface area contributed by atoms with Gasteiger partial charge in [0, 0.05) is 36.6 Å². The molecule has 0 saturated carbocycles. The fourth-order valence-electron chi connectivity index (χ4n) is 1.57. The number of hydrogen-bond acceptors (Lipinski definition) is 4. The van der Waals surface area contributed by atoms with Crippen molar-refractivity contribution in [3.8, 4) is 0 Å². The highest BCUT2D eigenvalue weighted by Gasteiger charge is 2.08. The van der Waals surface area contributed by atoms with Gasteiger partial charge in [-0.2, -0.15) is 5.10 Å². The predicted molar refractivity (Wildman–Crippen MR) is 73.7 cm³/mol. The number of rotatable bonds is 3. The van der Waals surface area contributed by atoms with Crippen LogP contribution in [0.2, 0.25) is 0 Å². The fraction of sp³-hybridized carbons (Fsp3) is 0.167. The monoisotopic (exact) mass is 275 g/mol. The molecular formula is C12H13N5O3. The van der Waals surface area contributed by atoms with E-state index in [1.54, 1.807) is 17.8 Å². The van der Waals surface area contributed by atoms with Crippen LogP contribution in [0.3, 0.4) is 0 Å². The number of aryl methyl sites for hydroxylation is 2. The van der Waals surface area contributed by atoms with Crippen LogP contribution in [0.25, 0.3) is 0 Å². The van der Waals surface area contributed by atoms with Gasteiger partial charge >= 0.3 is 6.03 Å². The molecule has 0 atom stereocenters. The maximum atomic E-state index is 11.7. The van der Waals surface area contributed by atoms with E-state index in [0.717, 1.165) is 5.69 Å². The average molecular weight is 275 g/mol. The largest absolute Gasteiger partial charge is 0.324 e. The minimum Gasteiger partial charge on any atom is -0.308 e. The summed E-state index contributed by atoms with van der Waals surface area (Å²) in [6, 6.07) is 6.83. The summed E-state index contributed by atoms with van der Waals surface area (Å²) in [6.45, 7) is 1.87. The summed E-state index contributed by atoms with van der Waals surface area (Å²) >= 11 is 0. The van der Waals surface area contributed by atoms with Crippen LogP contribution in [0, 0.1) is 17.0 Å². The van der Waals surface area contributed by atoms with E-state index < -0.39 is 11.0 Å². The maximum Gasteiger partial charge on any atom is 0.324 e. The second-order valence-corrected chi connectivity index (χ2v) is 4.18. The summed E-state index contributed by atoms with van der Waals surface area (Å²) in [4.78, 5) is 21.7. The Morgan fingerprint density at radius 2 is 1.95 bits per heavy atom. The van der Waals surface area contributed by atoms with Crippen LogP contribution in [0.5, 0.6) is 0 Å². The third-order valence-corrected chi connectivity index (χ3v) is 2.69. The van der Waals surface area contributed by atoms with Crippen molar-refractivity contribution < 1.29 is 9.72 Å². The maximum absolute atomic E-state index is 11.7. The fourth-order valence-corrected chi connectivity index (χ4v) is 1.57. The Morgan fingerprint density at radius 1 is 1.30 bits per heavy atom. The standard InChI is InChI=1S/C12H13N5O3/c1-8-7-11(15-16(8)2)14-12(18)13-9-3-5-10(6-4-9)17(19)20/h3-7H,1-2H3,(H2,13,14,15,18). The molecule has 0 saturated heterocycles. The predicted octanol–water partition coefficient (Wildman–Crippen LogP) is 2.28. The Labute approximate surface area is 114 Å². The van der Waals surface area contributed by atoms with Gasteiger partial charge in [-0.05, 0) is 19.1 Å². The van der Waals surface area contributed by atoms with Crippen molar-refractivity contribution in [1.82, 2.24) is 9.78 Å². The molecule has 2 aromatic rings. The minimum atomic E-state index is -0.499. The summed E-state index contributed by atoms with van der Waals surface area (Å²) in [5, 5.41) is 19.7. The van der Waals surface area contributed by atoms with Crippen LogP contribution in [-0.4, -0.2) is 20.7 Å². The van der Waals surface area contributed by atoms with E-state index in [9.17, 15) is 14.9 Å². The number of carbonyl (C=O) groups is 1. The summed E-state index contributed by atoms with van der Waals surface area (Å²) in [5.41, 5.74) is 1.34. The molecule has 0 radical (unpaired) electrons. The summed E-state index contributed by atoms with van der Waals surface area (Å²) in [7, 11) is 1.77. The molecule has 2 N–H and O–H groups in total. The van der Waals surface area contributed by atoms with E-state index in [1.807, 2.05) is 6.92 Å². The van der Waals surface area contributed by atoms with E-state index in [1.165, 1.54) is 24.3 Å². The first-order valence-electron chi connectivity index (χ1n) is 5.79. The van der Waals surface area contributed by atoms with E-state index >= 15 is 0 Å². The third-order valence-electron chi connectivity index (χ3n) is 2.69. The van der Waals surface area contributed by atoms with Crippen LogP contribution in [-0.2, 0) is 7.05 Å². The SMILES string of the molecule is Cc1cc(NC(=O)Nc2ccc([N+](=O)[O-])cc2)nn1C. The lowest BCUT2D eigenvalue weighted by molar-refractivity contribution is -0.384. The second-order valence-electron chi connectivity index (χ2n) is 4.18. The summed E-state index contributed by atoms with van der Waals surface area (Å²) in [5.74, 6) is 0.435. The Balaban J connectivity index is 1.99. The number of anilines is 2. The number of hydrogen-bond donors (Lipinski definition) is 2. The van der Waals surface area contributed by atoms with Crippen LogP contribution < -0.4 is 10.6 Å². The number of urea groups is 1. The quantitative estimate of drug-likeness (QED) is 0.662. The van der Waals surface area contributed by atoms with E-state index in [0.29, 0.717) is 11.5 Å². The van der Waals surface area contributed by atoms with Gasteiger partial charge in [-0.3, -0.25) is 20.1 Å². The number of nitrogens with zero attached hydrogens (tertiary/aromatic N) is 3. The highest BCUT2D eigenvalue weighted by atomic mass is 16.6. The molecule has 1 heterocycles. The Morgan fingerprint density at radius 3 is 2.45 bits per heavy atom. The molecule has 20 heavy (non-hydrogen) atoms. The number of nitro benzene ring substituents is 1. The van der Waals surface area contributed by atoms with E-state index in [-0.39, 0.29) is 5.69 Å². The Hall–Kier alpha value is -2.90. The molecular weight excluding hydrogens is 262 g/mol. The smallest absolute Gasteiger partial charge is 0.308 e. The molecule has 0 spiro atoms. The Bertz CT molecular complexity index is 628. The Kier molecular flexibility index (Phi) is 3.65. The molecule has 8 nitrogen and oxygen atoms in total.